The monoisotopic (exact) mass is 372 g/mol. The van der Waals surface area contributed by atoms with Crippen LogP contribution in [0.2, 0.25) is 0 Å². The standard InChI is InChI=1S/C19H20N2O4S/c1-4-21(15-11-14-7-5-6-8-17(14)20-13-15)26(22,23)19-12-16(24-2)9-10-18(19)25-3/h5-13H,4H2,1-3H3. The molecule has 0 radical (unpaired) electrons. The van der Waals surface area contributed by atoms with Gasteiger partial charge in [0, 0.05) is 18.0 Å². The summed E-state index contributed by atoms with van der Waals surface area (Å²) in [5, 5.41) is 0.872. The minimum absolute atomic E-state index is 0.0503. The summed E-state index contributed by atoms with van der Waals surface area (Å²) in [6.45, 7) is 2.03. The number of pyridine rings is 1. The second-order valence-electron chi connectivity index (χ2n) is 5.57. The van der Waals surface area contributed by atoms with Crippen molar-refractivity contribution in [2.45, 2.75) is 11.8 Å². The van der Waals surface area contributed by atoms with E-state index in [2.05, 4.69) is 4.98 Å². The van der Waals surface area contributed by atoms with Gasteiger partial charge in [0.25, 0.3) is 10.0 Å². The summed E-state index contributed by atoms with van der Waals surface area (Å²) in [7, 11) is -0.932. The maximum atomic E-state index is 13.3. The molecule has 1 aromatic heterocycles. The first kappa shape index (κ1) is 18.0. The van der Waals surface area contributed by atoms with E-state index in [0.29, 0.717) is 11.4 Å². The van der Waals surface area contributed by atoms with Gasteiger partial charge in [0.15, 0.2) is 0 Å². The molecule has 0 amide bonds. The average molecular weight is 372 g/mol. The maximum Gasteiger partial charge on any atom is 0.268 e. The number of nitrogens with zero attached hydrogens (tertiary/aromatic N) is 2. The Kier molecular flexibility index (Phi) is 4.99. The number of para-hydroxylation sites is 1. The molecule has 0 aliphatic heterocycles. The average Bonchev–Trinajstić information content (AvgIpc) is 2.67. The van der Waals surface area contributed by atoms with Gasteiger partial charge in [0.05, 0.1) is 31.6 Å². The fourth-order valence-corrected chi connectivity index (χ4v) is 4.42. The second kappa shape index (κ2) is 7.21. The number of fused-ring (bicyclic) bond motifs is 1. The summed E-state index contributed by atoms with van der Waals surface area (Å²) >= 11 is 0. The lowest BCUT2D eigenvalue weighted by atomic mass is 10.2. The smallest absolute Gasteiger partial charge is 0.268 e. The first-order valence-electron chi connectivity index (χ1n) is 8.10. The molecule has 0 bridgehead atoms. The molecule has 2 aromatic carbocycles. The van der Waals surface area contributed by atoms with Gasteiger partial charge >= 0.3 is 0 Å². The Balaban J connectivity index is 2.14. The van der Waals surface area contributed by atoms with Gasteiger partial charge in [0.2, 0.25) is 0 Å². The van der Waals surface area contributed by atoms with Crippen LogP contribution in [0.15, 0.2) is 59.6 Å². The quantitative estimate of drug-likeness (QED) is 0.663. The molecule has 3 aromatic rings. The molecule has 0 saturated heterocycles. The predicted octanol–water partition coefficient (Wildman–Crippen LogP) is 3.47. The van der Waals surface area contributed by atoms with E-state index >= 15 is 0 Å². The number of anilines is 1. The highest BCUT2D eigenvalue weighted by Gasteiger charge is 2.28. The van der Waals surface area contributed by atoms with Crippen LogP contribution >= 0.6 is 0 Å². The zero-order valence-corrected chi connectivity index (χ0v) is 15.7. The molecule has 0 atom stereocenters. The number of sulfonamides is 1. The highest BCUT2D eigenvalue weighted by atomic mass is 32.2. The summed E-state index contributed by atoms with van der Waals surface area (Å²) in [5.41, 5.74) is 1.31. The lowest BCUT2D eigenvalue weighted by Crippen LogP contribution is -2.31. The summed E-state index contributed by atoms with van der Waals surface area (Å²) in [6, 6.07) is 14.1. The number of hydrogen-bond donors (Lipinski definition) is 0. The number of aromatic nitrogens is 1. The van der Waals surface area contributed by atoms with Gasteiger partial charge in [0.1, 0.15) is 16.4 Å². The predicted molar refractivity (Wildman–Crippen MR) is 101 cm³/mol. The third-order valence-corrected chi connectivity index (χ3v) is 6.01. The Morgan fingerprint density at radius 3 is 2.50 bits per heavy atom. The van der Waals surface area contributed by atoms with Crippen LogP contribution in [0.25, 0.3) is 10.9 Å². The molecule has 1 heterocycles. The molecule has 3 rings (SSSR count). The molecular formula is C19H20N2O4S. The van der Waals surface area contributed by atoms with E-state index in [4.69, 9.17) is 9.47 Å². The summed E-state index contributed by atoms with van der Waals surface area (Å²) < 4.78 is 38.4. The van der Waals surface area contributed by atoms with Crippen molar-refractivity contribution in [3.05, 3.63) is 54.7 Å². The van der Waals surface area contributed by atoms with E-state index in [-0.39, 0.29) is 17.2 Å². The minimum Gasteiger partial charge on any atom is -0.497 e. The summed E-state index contributed by atoms with van der Waals surface area (Å²) in [6.07, 6.45) is 1.57. The number of methoxy groups -OCH3 is 2. The van der Waals surface area contributed by atoms with Gasteiger partial charge in [-0.1, -0.05) is 18.2 Å². The van der Waals surface area contributed by atoms with Crippen LogP contribution in [-0.4, -0.2) is 34.2 Å². The summed E-state index contributed by atoms with van der Waals surface area (Å²) in [4.78, 5) is 4.42. The van der Waals surface area contributed by atoms with Crippen molar-refractivity contribution < 1.29 is 17.9 Å². The largest absolute Gasteiger partial charge is 0.497 e. The molecule has 0 unspecified atom stereocenters. The molecule has 0 aliphatic rings. The molecule has 7 heteroatoms. The molecule has 136 valence electrons. The van der Waals surface area contributed by atoms with E-state index < -0.39 is 10.0 Å². The van der Waals surface area contributed by atoms with E-state index in [1.807, 2.05) is 30.3 Å². The third kappa shape index (κ3) is 3.17. The van der Waals surface area contributed by atoms with Gasteiger partial charge in [-0.2, -0.15) is 0 Å². The van der Waals surface area contributed by atoms with Gasteiger partial charge in [-0.05, 0) is 31.2 Å². The van der Waals surface area contributed by atoms with Crippen LogP contribution in [-0.2, 0) is 10.0 Å². The van der Waals surface area contributed by atoms with Crippen molar-refractivity contribution >= 4 is 26.6 Å². The Morgan fingerprint density at radius 1 is 1.04 bits per heavy atom. The van der Waals surface area contributed by atoms with Crippen molar-refractivity contribution in [1.82, 2.24) is 4.98 Å². The fourth-order valence-electron chi connectivity index (χ4n) is 2.79. The lowest BCUT2D eigenvalue weighted by molar-refractivity contribution is 0.392. The molecule has 0 saturated carbocycles. The van der Waals surface area contributed by atoms with Crippen LogP contribution in [0.5, 0.6) is 11.5 Å². The molecule has 0 N–H and O–H groups in total. The molecular weight excluding hydrogens is 352 g/mol. The van der Waals surface area contributed by atoms with Crippen LogP contribution in [0, 0.1) is 0 Å². The Hall–Kier alpha value is -2.80. The topological polar surface area (TPSA) is 68.7 Å². The fraction of sp³-hybridized carbons (Fsp3) is 0.211. The van der Waals surface area contributed by atoms with Crippen LogP contribution < -0.4 is 13.8 Å². The number of rotatable bonds is 6. The second-order valence-corrected chi connectivity index (χ2v) is 7.40. The third-order valence-electron chi connectivity index (χ3n) is 4.09. The Labute approximate surface area is 153 Å². The lowest BCUT2D eigenvalue weighted by Gasteiger charge is -2.24. The zero-order chi connectivity index (χ0) is 18.7. The number of benzene rings is 2. The van der Waals surface area contributed by atoms with Crippen molar-refractivity contribution in [2.24, 2.45) is 0 Å². The van der Waals surface area contributed by atoms with E-state index in [9.17, 15) is 8.42 Å². The SMILES string of the molecule is CCN(c1cnc2ccccc2c1)S(=O)(=O)c1cc(OC)ccc1OC. The van der Waals surface area contributed by atoms with Crippen molar-refractivity contribution in [3.63, 3.8) is 0 Å². The Morgan fingerprint density at radius 2 is 1.81 bits per heavy atom. The van der Waals surface area contributed by atoms with Crippen molar-refractivity contribution in [3.8, 4) is 11.5 Å². The first-order chi connectivity index (χ1) is 12.5. The van der Waals surface area contributed by atoms with Gasteiger partial charge in [-0.15, -0.1) is 0 Å². The van der Waals surface area contributed by atoms with Crippen molar-refractivity contribution in [2.75, 3.05) is 25.1 Å². The first-order valence-corrected chi connectivity index (χ1v) is 9.54. The van der Waals surface area contributed by atoms with Crippen LogP contribution in [0.4, 0.5) is 5.69 Å². The van der Waals surface area contributed by atoms with Gasteiger partial charge in [-0.3, -0.25) is 9.29 Å². The summed E-state index contributed by atoms with van der Waals surface area (Å²) in [5.74, 6) is 0.704. The van der Waals surface area contributed by atoms with Gasteiger partial charge < -0.3 is 9.47 Å². The maximum absolute atomic E-state index is 13.3. The van der Waals surface area contributed by atoms with Crippen LogP contribution in [0.1, 0.15) is 6.92 Å². The van der Waals surface area contributed by atoms with Gasteiger partial charge in [-0.25, -0.2) is 8.42 Å². The van der Waals surface area contributed by atoms with Crippen molar-refractivity contribution in [1.29, 1.82) is 0 Å². The zero-order valence-electron chi connectivity index (χ0n) is 14.8. The van der Waals surface area contributed by atoms with E-state index in [1.165, 1.54) is 24.6 Å². The molecule has 0 aliphatic carbocycles. The highest BCUT2D eigenvalue weighted by Crippen LogP contribution is 2.33. The number of ether oxygens (including phenoxy) is 2. The molecule has 0 fully saturated rings. The molecule has 0 spiro atoms. The minimum atomic E-state index is -3.86. The highest BCUT2D eigenvalue weighted by molar-refractivity contribution is 7.93. The van der Waals surface area contributed by atoms with Crippen LogP contribution in [0.3, 0.4) is 0 Å². The number of hydrogen-bond acceptors (Lipinski definition) is 5. The Bertz CT molecular complexity index is 1030. The van der Waals surface area contributed by atoms with E-state index in [1.54, 1.807) is 25.3 Å². The van der Waals surface area contributed by atoms with E-state index in [0.717, 1.165) is 10.9 Å². The molecule has 6 nitrogen and oxygen atoms in total. The molecule has 26 heavy (non-hydrogen) atoms. The normalized spacial score (nSPS) is 11.3.